The molecule has 2 aromatic rings. The zero-order valence-corrected chi connectivity index (χ0v) is 9.61. The molecule has 0 saturated carbocycles. The van der Waals surface area contributed by atoms with Gasteiger partial charge in [-0.1, -0.05) is 17.3 Å². The van der Waals surface area contributed by atoms with Crippen molar-refractivity contribution in [3.8, 4) is 0 Å². The van der Waals surface area contributed by atoms with Gasteiger partial charge in [-0.3, -0.25) is 0 Å². The second kappa shape index (κ2) is 5.54. The van der Waals surface area contributed by atoms with Crippen molar-refractivity contribution in [3.05, 3.63) is 47.4 Å². The number of nitrogens with one attached hydrogen (secondary N) is 1. The Labute approximate surface area is 98.8 Å². The number of likely N-dealkylation sites (N-methyl/N-ethyl adjacent to an activating group) is 1. The van der Waals surface area contributed by atoms with Gasteiger partial charge in [0.15, 0.2) is 5.82 Å². The number of benzene rings is 1. The topological polar surface area (TPSA) is 51.0 Å². The Morgan fingerprint density at radius 3 is 2.76 bits per heavy atom. The molecule has 0 saturated heterocycles. The first-order valence-corrected chi connectivity index (χ1v) is 5.48. The molecule has 2 rings (SSSR count). The van der Waals surface area contributed by atoms with Gasteiger partial charge < -0.3 is 9.84 Å². The Balaban J connectivity index is 1.98. The lowest BCUT2D eigenvalue weighted by Crippen LogP contribution is -2.10. The quantitative estimate of drug-likeness (QED) is 0.854. The van der Waals surface area contributed by atoms with Crippen molar-refractivity contribution in [2.75, 3.05) is 13.6 Å². The van der Waals surface area contributed by atoms with Crippen molar-refractivity contribution in [1.29, 1.82) is 0 Å². The standard InChI is InChI=1S/C12H14FN3O/c1-14-7-6-12-15-11(16-17-12)8-9-2-4-10(13)5-3-9/h2-5,14H,6-8H2,1H3. The van der Waals surface area contributed by atoms with Gasteiger partial charge in [-0.05, 0) is 24.7 Å². The highest BCUT2D eigenvalue weighted by Gasteiger charge is 2.06. The average molecular weight is 235 g/mol. The zero-order valence-electron chi connectivity index (χ0n) is 9.61. The molecule has 1 heterocycles. The third kappa shape index (κ3) is 3.35. The lowest BCUT2D eigenvalue weighted by molar-refractivity contribution is 0.372. The first-order valence-electron chi connectivity index (χ1n) is 5.48. The van der Waals surface area contributed by atoms with Crippen LogP contribution in [0.3, 0.4) is 0 Å². The third-order valence-electron chi connectivity index (χ3n) is 2.37. The summed E-state index contributed by atoms with van der Waals surface area (Å²) in [6, 6.07) is 6.30. The van der Waals surface area contributed by atoms with Crippen molar-refractivity contribution in [2.45, 2.75) is 12.8 Å². The summed E-state index contributed by atoms with van der Waals surface area (Å²) in [7, 11) is 1.87. The summed E-state index contributed by atoms with van der Waals surface area (Å²) in [5.41, 5.74) is 0.965. The maximum Gasteiger partial charge on any atom is 0.227 e. The molecule has 0 aliphatic rings. The number of halogens is 1. The number of aromatic nitrogens is 2. The predicted molar refractivity (Wildman–Crippen MR) is 61.1 cm³/mol. The van der Waals surface area contributed by atoms with Gasteiger partial charge in [-0.15, -0.1) is 0 Å². The molecule has 90 valence electrons. The maximum atomic E-state index is 12.7. The highest BCUT2D eigenvalue weighted by Crippen LogP contribution is 2.08. The van der Waals surface area contributed by atoms with Crippen LogP contribution in [0, 0.1) is 5.82 Å². The molecule has 0 atom stereocenters. The Bertz CT molecular complexity index is 467. The van der Waals surface area contributed by atoms with E-state index in [9.17, 15) is 4.39 Å². The Kier molecular flexibility index (Phi) is 3.82. The molecular formula is C12H14FN3O. The van der Waals surface area contributed by atoms with E-state index in [2.05, 4.69) is 15.5 Å². The van der Waals surface area contributed by atoms with Crippen molar-refractivity contribution < 1.29 is 8.91 Å². The Morgan fingerprint density at radius 2 is 2.06 bits per heavy atom. The second-order valence-electron chi connectivity index (χ2n) is 3.76. The van der Waals surface area contributed by atoms with E-state index in [-0.39, 0.29) is 5.82 Å². The first kappa shape index (κ1) is 11.7. The zero-order chi connectivity index (χ0) is 12.1. The number of rotatable bonds is 5. The minimum atomic E-state index is -0.239. The molecule has 0 amide bonds. The van der Waals surface area contributed by atoms with Crippen molar-refractivity contribution in [2.24, 2.45) is 0 Å². The van der Waals surface area contributed by atoms with Crippen LogP contribution in [0.5, 0.6) is 0 Å². The Hall–Kier alpha value is -1.75. The highest BCUT2D eigenvalue weighted by atomic mass is 19.1. The molecule has 0 aliphatic heterocycles. The van der Waals surface area contributed by atoms with Crippen LogP contribution in [0.4, 0.5) is 4.39 Å². The molecule has 1 aromatic heterocycles. The molecule has 17 heavy (non-hydrogen) atoms. The second-order valence-corrected chi connectivity index (χ2v) is 3.76. The van der Waals surface area contributed by atoms with Gasteiger partial charge in [0.1, 0.15) is 5.82 Å². The highest BCUT2D eigenvalue weighted by molar-refractivity contribution is 5.19. The average Bonchev–Trinajstić information content (AvgIpc) is 2.77. The molecule has 1 aromatic carbocycles. The smallest absolute Gasteiger partial charge is 0.227 e. The normalized spacial score (nSPS) is 10.7. The fourth-order valence-electron chi connectivity index (χ4n) is 1.48. The minimum Gasteiger partial charge on any atom is -0.339 e. The molecule has 4 nitrogen and oxygen atoms in total. The van der Waals surface area contributed by atoms with Crippen LogP contribution in [0.2, 0.25) is 0 Å². The molecule has 5 heteroatoms. The van der Waals surface area contributed by atoms with E-state index in [1.165, 1.54) is 12.1 Å². The third-order valence-corrected chi connectivity index (χ3v) is 2.37. The SMILES string of the molecule is CNCCc1nc(Cc2ccc(F)cc2)no1. The fraction of sp³-hybridized carbons (Fsp3) is 0.333. The molecular weight excluding hydrogens is 221 g/mol. The van der Waals surface area contributed by atoms with Crippen molar-refractivity contribution >= 4 is 0 Å². The summed E-state index contributed by atoms with van der Waals surface area (Å²) in [5, 5.41) is 6.89. The largest absolute Gasteiger partial charge is 0.339 e. The molecule has 0 aliphatic carbocycles. The molecule has 0 radical (unpaired) electrons. The van der Waals surface area contributed by atoms with Crippen LogP contribution in [-0.2, 0) is 12.8 Å². The van der Waals surface area contributed by atoms with E-state index in [1.54, 1.807) is 12.1 Å². The van der Waals surface area contributed by atoms with Gasteiger partial charge in [-0.25, -0.2) is 4.39 Å². The van der Waals surface area contributed by atoms with E-state index in [1.807, 2.05) is 7.05 Å². The first-order chi connectivity index (χ1) is 8.28. The monoisotopic (exact) mass is 235 g/mol. The molecule has 1 N–H and O–H groups in total. The van der Waals surface area contributed by atoms with E-state index >= 15 is 0 Å². The van der Waals surface area contributed by atoms with E-state index in [0.29, 0.717) is 24.6 Å². The summed E-state index contributed by atoms with van der Waals surface area (Å²) < 4.78 is 17.8. The fourth-order valence-corrected chi connectivity index (χ4v) is 1.48. The summed E-state index contributed by atoms with van der Waals surface area (Å²) >= 11 is 0. The van der Waals surface area contributed by atoms with E-state index in [4.69, 9.17) is 4.52 Å². The number of nitrogens with zero attached hydrogens (tertiary/aromatic N) is 2. The lowest BCUT2D eigenvalue weighted by atomic mass is 10.1. The summed E-state index contributed by atoms with van der Waals surface area (Å²) in [5.74, 6) is 1.01. The van der Waals surface area contributed by atoms with Crippen LogP contribution < -0.4 is 5.32 Å². The van der Waals surface area contributed by atoms with E-state index in [0.717, 1.165) is 12.1 Å². The summed E-state index contributed by atoms with van der Waals surface area (Å²) in [4.78, 5) is 4.25. The predicted octanol–water partition coefficient (Wildman–Crippen LogP) is 1.56. The maximum absolute atomic E-state index is 12.7. The molecule has 0 unspecified atom stereocenters. The van der Waals surface area contributed by atoms with E-state index < -0.39 is 0 Å². The molecule has 0 spiro atoms. The van der Waals surface area contributed by atoms with Gasteiger partial charge in [0.05, 0.1) is 0 Å². The lowest BCUT2D eigenvalue weighted by Gasteiger charge is -1.95. The Morgan fingerprint density at radius 1 is 1.29 bits per heavy atom. The van der Waals surface area contributed by atoms with Crippen LogP contribution in [-0.4, -0.2) is 23.7 Å². The summed E-state index contributed by atoms with van der Waals surface area (Å²) in [6.07, 6.45) is 1.27. The van der Waals surface area contributed by atoms with Crippen LogP contribution in [0.25, 0.3) is 0 Å². The number of hydrogen-bond donors (Lipinski definition) is 1. The minimum absolute atomic E-state index is 0.239. The van der Waals surface area contributed by atoms with Crippen molar-refractivity contribution in [1.82, 2.24) is 15.5 Å². The van der Waals surface area contributed by atoms with Gasteiger partial charge >= 0.3 is 0 Å². The van der Waals surface area contributed by atoms with Gasteiger partial charge in [-0.2, -0.15) is 4.98 Å². The summed E-state index contributed by atoms with van der Waals surface area (Å²) in [6.45, 7) is 0.804. The molecule has 0 bridgehead atoms. The van der Waals surface area contributed by atoms with Gasteiger partial charge in [0.25, 0.3) is 0 Å². The van der Waals surface area contributed by atoms with Gasteiger partial charge in [0.2, 0.25) is 5.89 Å². The van der Waals surface area contributed by atoms with Gasteiger partial charge in [0, 0.05) is 19.4 Å². The van der Waals surface area contributed by atoms with Crippen LogP contribution in [0.1, 0.15) is 17.3 Å². The number of hydrogen-bond acceptors (Lipinski definition) is 4. The van der Waals surface area contributed by atoms with Crippen LogP contribution in [0.15, 0.2) is 28.8 Å². The molecule has 0 fully saturated rings. The van der Waals surface area contributed by atoms with Crippen molar-refractivity contribution in [3.63, 3.8) is 0 Å². The van der Waals surface area contributed by atoms with Crippen LogP contribution >= 0.6 is 0 Å².